The molecule has 0 amide bonds. The van der Waals surface area contributed by atoms with Crippen LogP contribution in [0.5, 0.6) is 0 Å². The number of ether oxygens (including phenoxy) is 1. The standard InChI is InChI=1S/C19H29BrN4OS.HI/c1-15(26-18-5-3-16(20)4-6-18)13-22-19(21-2)24-8-7-17(14-24)23-9-11-25-12-10-23;/h3-6,15,17H,7-14H2,1-2H3,(H,21,22);1H. The van der Waals surface area contributed by atoms with E-state index in [9.17, 15) is 0 Å². The highest BCUT2D eigenvalue weighted by atomic mass is 127. The lowest BCUT2D eigenvalue weighted by atomic mass is 10.2. The first-order valence-electron chi connectivity index (χ1n) is 9.35. The number of nitrogens with one attached hydrogen (secondary N) is 1. The average Bonchev–Trinajstić information content (AvgIpc) is 3.15. The number of aliphatic imine (C=N–C) groups is 1. The Kier molecular flexibility index (Phi) is 10.2. The van der Waals surface area contributed by atoms with Crippen molar-refractivity contribution in [3.8, 4) is 0 Å². The first-order chi connectivity index (χ1) is 12.7. The highest BCUT2D eigenvalue weighted by molar-refractivity contribution is 14.0. The van der Waals surface area contributed by atoms with Gasteiger partial charge in [0.05, 0.1) is 13.2 Å². The Labute approximate surface area is 192 Å². The molecule has 2 atom stereocenters. The molecule has 1 aromatic rings. The van der Waals surface area contributed by atoms with E-state index in [-0.39, 0.29) is 24.0 Å². The van der Waals surface area contributed by atoms with Crippen molar-refractivity contribution in [3.63, 3.8) is 0 Å². The predicted octanol–water partition coefficient (Wildman–Crippen LogP) is 3.53. The van der Waals surface area contributed by atoms with E-state index in [2.05, 4.69) is 67.2 Å². The molecule has 2 aliphatic heterocycles. The van der Waals surface area contributed by atoms with E-state index in [1.807, 2.05) is 18.8 Å². The van der Waals surface area contributed by atoms with Gasteiger partial charge in [-0.1, -0.05) is 22.9 Å². The summed E-state index contributed by atoms with van der Waals surface area (Å²) in [5.41, 5.74) is 0. The summed E-state index contributed by atoms with van der Waals surface area (Å²) >= 11 is 5.38. The van der Waals surface area contributed by atoms with Gasteiger partial charge in [0.25, 0.3) is 0 Å². The van der Waals surface area contributed by atoms with Crippen molar-refractivity contribution >= 4 is 57.6 Å². The number of guanidine groups is 1. The van der Waals surface area contributed by atoms with Gasteiger partial charge in [-0.25, -0.2) is 0 Å². The lowest BCUT2D eigenvalue weighted by molar-refractivity contribution is 0.0195. The molecule has 2 saturated heterocycles. The van der Waals surface area contributed by atoms with Crippen molar-refractivity contribution in [3.05, 3.63) is 28.7 Å². The van der Waals surface area contributed by atoms with E-state index in [1.165, 1.54) is 11.3 Å². The van der Waals surface area contributed by atoms with Gasteiger partial charge in [-0.15, -0.1) is 35.7 Å². The zero-order chi connectivity index (χ0) is 18.4. The number of hydrogen-bond donors (Lipinski definition) is 1. The van der Waals surface area contributed by atoms with Crippen molar-refractivity contribution in [1.29, 1.82) is 0 Å². The molecule has 0 saturated carbocycles. The molecule has 0 bridgehead atoms. The van der Waals surface area contributed by atoms with Crippen molar-refractivity contribution < 1.29 is 4.74 Å². The summed E-state index contributed by atoms with van der Waals surface area (Å²) in [6.07, 6.45) is 1.21. The number of benzene rings is 1. The number of halogens is 2. The van der Waals surface area contributed by atoms with Gasteiger partial charge in [-0.3, -0.25) is 9.89 Å². The van der Waals surface area contributed by atoms with Crippen LogP contribution in [-0.2, 0) is 4.74 Å². The largest absolute Gasteiger partial charge is 0.379 e. The van der Waals surface area contributed by atoms with Crippen molar-refractivity contribution in [2.24, 2.45) is 4.99 Å². The van der Waals surface area contributed by atoms with Gasteiger partial charge in [-0.2, -0.15) is 0 Å². The normalized spacial score (nSPS) is 22.4. The Hall–Kier alpha value is -0.0300. The van der Waals surface area contributed by atoms with Gasteiger partial charge in [0.2, 0.25) is 0 Å². The van der Waals surface area contributed by atoms with Crippen molar-refractivity contribution in [2.75, 3.05) is 53.0 Å². The predicted molar refractivity (Wildman–Crippen MR) is 129 cm³/mol. The third-order valence-electron chi connectivity index (χ3n) is 4.94. The minimum Gasteiger partial charge on any atom is -0.379 e. The van der Waals surface area contributed by atoms with Gasteiger partial charge >= 0.3 is 0 Å². The van der Waals surface area contributed by atoms with E-state index in [0.717, 1.165) is 56.4 Å². The van der Waals surface area contributed by atoms with Crippen LogP contribution in [-0.4, -0.2) is 80.0 Å². The zero-order valence-corrected chi connectivity index (χ0v) is 20.8. The second-order valence-corrected chi connectivity index (χ2v) is 9.27. The fourth-order valence-corrected chi connectivity index (χ4v) is 4.72. The van der Waals surface area contributed by atoms with E-state index in [0.29, 0.717) is 11.3 Å². The Bertz CT molecular complexity index is 598. The fourth-order valence-electron chi connectivity index (χ4n) is 3.53. The quantitative estimate of drug-likeness (QED) is 0.255. The topological polar surface area (TPSA) is 40.1 Å². The first kappa shape index (κ1) is 23.3. The van der Waals surface area contributed by atoms with Crippen LogP contribution in [0.3, 0.4) is 0 Å². The molecular weight excluding hydrogens is 539 g/mol. The Balaban J connectivity index is 0.00000261. The lowest BCUT2D eigenvalue weighted by Gasteiger charge is -2.32. The third kappa shape index (κ3) is 7.06. The molecule has 2 heterocycles. The lowest BCUT2D eigenvalue weighted by Crippen LogP contribution is -2.47. The number of hydrogen-bond acceptors (Lipinski definition) is 4. The van der Waals surface area contributed by atoms with E-state index in [4.69, 9.17) is 4.74 Å². The van der Waals surface area contributed by atoms with Crippen LogP contribution in [0.15, 0.2) is 38.6 Å². The zero-order valence-electron chi connectivity index (χ0n) is 16.1. The maximum atomic E-state index is 5.48. The number of thioether (sulfide) groups is 1. The van der Waals surface area contributed by atoms with Crippen LogP contribution in [0, 0.1) is 0 Å². The summed E-state index contributed by atoms with van der Waals surface area (Å²) < 4.78 is 6.60. The second kappa shape index (κ2) is 11.8. The summed E-state index contributed by atoms with van der Waals surface area (Å²) in [6, 6.07) is 9.14. The van der Waals surface area contributed by atoms with E-state index >= 15 is 0 Å². The second-order valence-electron chi connectivity index (χ2n) is 6.85. The molecule has 0 radical (unpaired) electrons. The number of rotatable bonds is 5. The van der Waals surface area contributed by atoms with Gasteiger partial charge in [0.15, 0.2) is 5.96 Å². The van der Waals surface area contributed by atoms with Gasteiger partial charge in [-0.05, 0) is 30.7 Å². The third-order valence-corrected chi connectivity index (χ3v) is 6.58. The minimum absolute atomic E-state index is 0. The Morgan fingerprint density at radius 2 is 2.00 bits per heavy atom. The Morgan fingerprint density at radius 1 is 1.30 bits per heavy atom. The molecule has 1 aromatic carbocycles. The highest BCUT2D eigenvalue weighted by Gasteiger charge is 2.30. The molecule has 152 valence electrons. The van der Waals surface area contributed by atoms with Crippen LogP contribution in [0.25, 0.3) is 0 Å². The minimum atomic E-state index is 0. The Morgan fingerprint density at radius 3 is 2.67 bits per heavy atom. The summed E-state index contributed by atoms with van der Waals surface area (Å²) in [6.45, 7) is 9.17. The van der Waals surface area contributed by atoms with Crippen LogP contribution in [0.2, 0.25) is 0 Å². The smallest absolute Gasteiger partial charge is 0.193 e. The fraction of sp³-hybridized carbons (Fsp3) is 0.632. The summed E-state index contributed by atoms with van der Waals surface area (Å²) in [7, 11) is 1.89. The van der Waals surface area contributed by atoms with Gasteiger partial charge in [0, 0.05) is 60.4 Å². The molecule has 5 nitrogen and oxygen atoms in total. The SMILES string of the molecule is CN=C(NCC(C)Sc1ccc(Br)cc1)N1CCC(N2CCOCC2)C1.I. The molecule has 0 aromatic heterocycles. The molecule has 2 unspecified atom stereocenters. The molecule has 2 fully saturated rings. The van der Waals surface area contributed by atoms with Gasteiger partial charge in [0.1, 0.15) is 0 Å². The molecule has 0 aliphatic carbocycles. The van der Waals surface area contributed by atoms with E-state index < -0.39 is 0 Å². The molecule has 1 N–H and O–H groups in total. The van der Waals surface area contributed by atoms with Gasteiger partial charge < -0.3 is 15.0 Å². The van der Waals surface area contributed by atoms with Crippen LogP contribution in [0.1, 0.15) is 13.3 Å². The molecule has 27 heavy (non-hydrogen) atoms. The van der Waals surface area contributed by atoms with Crippen molar-refractivity contribution in [2.45, 2.75) is 29.5 Å². The molecule has 2 aliphatic rings. The maximum Gasteiger partial charge on any atom is 0.193 e. The van der Waals surface area contributed by atoms with Crippen molar-refractivity contribution in [1.82, 2.24) is 15.1 Å². The molecule has 3 rings (SSSR count). The van der Waals surface area contributed by atoms with Crippen LogP contribution >= 0.6 is 51.7 Å². The van der Waals surface area contributed by atoms with Crippen LogP contribution in [0.4, 0.5) is 0 Å². The maximum absolute atomic E-state index is 5.48. The summed E-state index contributed by atoms with van der Waals surface area (Å²) in [5, 5.41) is 4.05. The average molecular weight is 569 g/mol. The number of morpholine rings is 1. The first-order valence-corrected chi connectivity index (χ1v) is 11.0. The van der Waals surface area contributed by atoms with E-state index in [1.54, 1.807) is 0 Å². The number of likely N-dealkylation sites (tertiary alicyclic amines) is 1. The monoisotopic (exact) mass is 568 g/mol. The van der Waals surface area contributed by atoms with Crippen LogP contribution < -0.4 is 5.32 Å². The number of nitrogens with zero attached hydrogens (tertiary/aromatic N) is 3. The summed E-state index contributed by atoms with van der Waals surface area (Å²) in [4.78, 5) is 10.8. The highest BCUT2D eigenvalue weighted by Crippen LogP contribution is 2.24. The summed E-state index contributed by atoms with van der Waals surface area (Å²) in [5.74, 6) is 1.03. The molecular formula is C19H30BrIN4OS. The molecule has 0 spiro atoms. The molecule has 8 heteroatoms.